The van der Waals surface area contributed by atoms with Crippen LogP contribution in [0.2, 0.25) is 0 Å². The van der Waals surface area contributed by atoms with E-state index in [2.05, 4.69) is 10.0 Å². The second kappa shape index (κ2) is 9.14. The van der Waals surface area contributed by atoms with Gasteiger partial charge >= 0.3 is 0 Å². The minimum absolute atomic E-state index is 0.0640. The highest BCUT2D eigenvalue weighted by molar-refractivity contribution is 7.92. The largest absolute Gasteiger partial charge is 0.496 e. The fraction of sp³-hybridized carbons (Fsp3) is 0.300. The molecule has 10 heteroatoms. The molecule has 3 rings (SSSR count). The molecular formula is C20H23N3O6S. The second-order valence-electron chi connectivity index (χ2n) is 6.63. The average Bonchev–Trinajstić information content (AvgIpc) is 2.74. The van der Waals surface area contributed by atoms with Crippen LogP contribution in [0.25, 0.3) is 0 Å². The molecule has 2 amide bonds. The molecule has 2 N–H and O–H groups in total. The summed E-state index contributed by atoms with van der Waals surface area (Å²) < 4.78 is 38.7. The van der Waals surface area contributed by atoms with Gasteiger partial charge in [-0.1, -0.05) is 0 Å². The molecule has 0 atom stereocenters. The Labute approximate surface area is 175 Å². The van der Waals surface area contributed by atoms with Crippen LogP contribution in [-0.4, -0.2) is 58.5 Å². The van der Waals surface area contributed by atoms with Crippen molar-refractivity contribution in [3.8, 4) is 5.75 Å². The quantitative estimate of drug-likeness (QED) is 0.720. The first kappa shape index (κ1) is 21.6. The maximum absolute atomic E-state index is 12.9. The van der Waals surface area contributed by atoms with Crippen molar-refractivity contribution < 1.29 is 27.5 Å². The van der Waals surface area contributed by atoms with Crippen molar-refractivity contribution in [3.05, 3.63) is 48.0 Å². The zero-order valence-electron chi connectivity index (χ0n) is 16.7. The standard InChI is InChI=1S/C20H23N3O6S/c1-14(24)21-15-3-5-16(6-4-15)22-30(26,27)17-7-8-19(28-2)18(13-17)20(25)23-9-11-29-12-10-23/h3-8,13,22H,9-12H2,1-2H3,(H,21,24). The molecule has 1 aliphatic rings. The number of carbonyl (C=O) groups excluding carboxylic acids is 2. The smallest absolute Gasteiger partial charge is 0.261 e. The van der Waals surface area contributed by atoms with Gasteiger partial charge in [0.05, 0.1) is 30.8 Å². The number of benzene rings is 2. The molecule has 0 spiro atoms. The van der Waals surface area contributed by atoms with E-state index in [1.165, 1.54) is 44.4 Å². The first-order valence-electron chi connectivity index (χ1n) is 9.26. The summed E-state index contributed by atoms with van der Waals surface area (Å²) >= 11 is 0. The number of anilines is 2. The van der Waals surface area contributed by atoms with Gasteiger partial charge in [-0.3, -0.25) is 14.3 Å². The van der Waals surface area contributed by atoms with Crippen molar-refractivity contribution in [3.63, 3.8) is 0 Å². The molecule has 0 bridgehead atoms. The molecule has 1 fully saturated rings. The van der Waals surface area contributed by atoms with E-state index in [-0.39, 0.29) is 22.3 Å². The Bertz CT molecular complexity index is 1030. The Hall–Kier alpha value is -3.11. The van der Waals surface area contributed by atoms with Crippen molar-refractivity contribution in [1.29, 1.82) is 0 Å². The summed E-state index contributed by atoms with van der Waals surface area (Å²) in [4.78, 5) is 25.5. The summed E-state index contributed by atoms with van der Waals surface area (Å²) in [7, 11) is -2.52. The Kier molecular flexibility index (Phi) is 6.58. The summed E-state index contributed by atoms with van der Waals surface area (Å²) in [6.45, 7) is 3.11. The second-order valence-corrected chi connectivity index (χ2v) is 8.31. The van der Waals surface area contributed by atoms with E-state index in [1.807, 2.05) is 0 Å². The molecule has 2 aromatic carbocycles. The average molecular weight is 433 g/mol. The SMILES string of the molecule is COc1ccc(S(=O)(=O)Nc2ccc(NC(C)=O)cc2)cc1C(=O)N1CCOCC1. The Morgan fingerprint density at radius 1 is 1.03 bits per heavy atom. The van der Waals surface area contributed by atoms with Crippen molar-refractivity contribution in [2.45, 2.75) is 11.8 Å². The monoisotopic (exact) mass is 433 g/mol. The number of rotatable bonds is 6. The predicted octanol–water partition coefficient (Wildman–Crippen LogP) is 1.93. The summed E-state index contributed by atoms with van der Waals surface area (Å²) in [5, 5.41) is 2.61. The highest BCUT2D eigenvalue weighted by Gasteiger charge is 2.24. The zero-order valence-corrected chi connectivity index (χ0v) is 17.5. The van der Waals surface area contributed by atoms with Crippen LogP contribution in [0, 0.1) is 0 Å². The van der Waals surface area contributed by atoms with Crippen molar-refractivity contribution >= 4 is 33.2 Å². The van der Waals surface area contributed by atoms with Gasteiger partial charge in [0.2, 0.25) is 5.91 Å². The molecule has 0 unspecified atom stereocenters. The molecule has 1 saturated heterocycles. The fourth-order valence-corrected chi connectivity index (χ4v) is 4.08. The van der Waals surface area contributed by atoms with Gasteiger partial charge in [-0.2, -0.15) is 0 Å². The van der Waals surface area contributed by atoms with E-state index in [0.29, 0.717) is 43.4 Å². The van der Waals surface area contributed by atoms with Crippen LogP contribution in [-0.2, 0) is 19.6 Å². The number of morpholine rings is 1. The van der Waals surface area contributed by atoms with Crippen LogP contribution in [0.3, 0.4) is 0 Å². The number of nitrogens with zero attached hydrogens (tertiary/aromatic N) is 1. The first-order valence-corrected chi connectivity index (χ1v) is 10.7. The van der Waals surface area contributed by atoms with Gasteiger partial charge in [-0.15, -0.1) is 0 Å². The molecule has 1 aliphatic heterocycles. The van der Waals surface area contributed by atoms with E-state index in [4.69, 9.17) is 9.47 Å². The Morgan fingerprint density at radius 2 is 1.67 bits per heavy atom. The van der Waals surface area contributed by atoms with Gasteiger partial charge in [-0.25, -0.2) is 8.42 Å². The lowest BCUT2D eigenvalue weighted by atomic mass is 10.1. The number of carbonyl (C=O) groups is 2. The lowest BCUT2D eigenvalue weighted by Gasteiger charge is -2.27. The number of methoxy groups -OCH3 is 1. The summed E-state index contributed by atoms with van der Waals surface area (Å²) in [5.74, 6) is -0.240. The number of ether oxygens (including phenoxy) is 2. The van der Waals surface area contributed by atoms with Gasteiger partial charge in [0.1, 0.15) is 5.75 Å². The molecule has 9 nitrogen and oxygen atoms in total. The minimum Gasteiger partial charge on any atom is -0.496 e. The van der Waals surface area contributed by atoms with Gasteiger partial charge in [-0.05, 0) is 42.5 Å². The minimum atomic E-state index is -3.95. The first-order chi connectivity index (χ1) is 14.3. The highest BCUT2D eigenvalue weighted by atomic mass is 32.2. The third-order valence-electron chi connectivity index (χ3n) is 4.47. The van der Waals surface area contributed by atoms with Gasteiger partial charge < -0.3 is 19.7 Å². The third-order valence-corrected chi connectivity index (χ3v) is 5.85. The lowest BCUT2D eigenvalue weighted by molar-refractivity contribution is -0.114. The van der Waals surface area contributed by atoms with Crippen LogP contribution in [0.1, 0.15) is 17.3 Å². The molecule has 1 heterocycles. The van der Waals surface area contributed by atoms with Crippen molar-refractivity contribution in [2.24, 2.45) is 0 Å². The summed E-state index contributed by atoms with van der Waals surface area (Å²) in [6.07, 6.45) is 0. The van der Waals surface area contributed by atoms with E-state index in [0.717, 1.165) is 0 Å². The van der Waals surface area contributed by atoms with Gasteiger partial charge in [0.15, 0.2) is 0 Å². The molecular weight excluding hydrogens is 410 g/mol. The van der Waals surface area contributed by atoms with Crippen LogP contribution in [0.4, 0.5) is 11.4 Å². The van der Waals surface area contributed by atoms with Crippen LogP contribution >= 0.6 is 0 Å². The number of hydrogen-bond acceptors (Lipinski definition) is 6. The highest BCUT2D eigenvalue weighted by Crippen LogP contribution is 2.26. The fourth-order valence-electron chi connectivity index (χ4n) is 3.00. The van der Waals surface area contributed by atoms with Crippen molar-refractivity contribution in [2.75, 3.05) is 43.5 Å². The Morgan fingerprint density at radius 3 is 2.27 bits per heavy atom. The van der Waals surface area contributed by atoms with Gasteiger partial charge in [0.25, 0.3) is 15.9 Å². The van der Waals surface area contributed by atoms with E-state index >= 15 is 0 Å². The maximum atomic E-state index is 12.9. The van der Waals surface area contributed by atoms with Crippen LogP contribution in [0.5, 0.6) is 5.75 Å². The number of amides is 2. The summed E-state index contributed by atoms with van der Waals surface area (Å²) in [6, 6.07) is 10.4. The maximum Gasteiger partial charge on any atom is 0.261 e. The molecule has 160 valence electrons. The molecule has 30 heavy (non-hydrogen) atoms. The van der Waals surface area contributed by atoms with E-state index < -0.39 is 10.0 Å². The number of hydrogen-bond donors (Lipinski definition) is 2. The molecule has 0 radical (unpaired) electrons. The normalized spacial score (nSPS) is 14.1. The lowest BCUT2D eigenvalue weighted by Crippen LogP contribution is -2.40. The zero-order chi connectivity index (χ0) is 21.7. The van der Waals surface area contributed by atoms with Gasteiger partial charge in [0, 0.05) is 31.4 Å². The molecule has 0 aliphatic carbocycles. The predicted molar refractivity (Wildman–Crippen MR) is 111 cm³/mol. The molecule has 2 aromatic rings. The topological polar surface area (TPSA) is 114 Å². The number of nitrogens with one attached hydrogen (secondary N) is 2. The molecule has 0 saturated carbocycles. The Balaban J connectivity index is 1.84. The summed E-state index contributed by atoms with van der Waals surface area (Å²) in [5.41, 5.74) is 1.04. The molecule has 0 aromatic heterocycles. The van der Waals surface area contributed by atoms with E-state index in [1.54, 1.807) is 17.0 Å². The van der Waals surface area contributed by atoms with Crippen molar-refractivity contribution in [1.82, 2.24) is 4.90 Å². The van der Waals surface area contributed by atoms with Crippen LogP contribution in [0.15, 0.2) is 47.4 Å². The number of sulfonamides is 1. The third kappa shape index (κ3) is 5.08. The van der Waals surface area contributed by atoms with Crippen LogP contribution < -0.4 is 14.8 Å². The van der Waals surface area contributed by atoms with E-state index in [9.17, 15) is 18.0 Å².